The van der Waals surface area contributed by atoms with Gasteiger partial charge in [0, 0.05) is 6.20 Å². The van der Waals surface area contributed by atoms with Crippen LogP contribution < -0.4 is 0 Å². The Morgan fingerprint density at radius 1 is 1.19 bits per heavy atom. The standard InChI is InChI=1S/C20H18N6O/c1-3-9-16(19(27)15-12-7-8-13-22-15)23-25-20-18(21-2)17(24-26-20)14-10-5-4-6-11-14/h4-8,10-13,27H,3,9H2,1H3,(H,24,26)/b19-16-,25-23+. The van der Waals surface area contributed by atoms with Crippen molar-refractivity contribution in [3.05, 3.63) is 77.5 Å². The highest BCUT2D eigenvalue weighted by Crippen LogP contribution is 2.36. The van der Waals surface area contributed by atoms with Crippen molar-refractivity contribution >= 4 is 17.3 Å². The first kappa shape index (κ1) is 18.0. The van der Waals surface area contributed by atoms with Crippen LogP contribution in [-0.4, -0.2) is 20.3 Å². The van der Waals surface area contributed by atoms with Crippen molar-refractivity contribution in [2.75, 3.05) is 0 Å². The van der Waals surface area contributed by atoms with E-state index in [1.54, 1.807) is 24.4 Å². The van der Waals surface area contributed by atoms with Crippen LogP contribution in [0.2, 0.25) is 0 Å². The van der Waals surface area contributed by atoms with Gasteiger partial charge in [0.25, 0.3) is 5.69 Å². The fraction of sp³-hybridized carbons (Fsp3) is 0.150. The fourth-order valence-electron chi connectivity index (χ4n) is 2.52. The van der Waals surface area contributed by atoms with Gasteiger partial charge in [0.1, 0.15) is 11.4 Å². The second kappa shape index (κ2) is 8.54. The molecule has 7 heteroatoms. The van der Waals surface area contributed by atoms with Gasteiger partial charge in [-0.2, -0.15) is 10.2 Å². The van der Waals surface area contributed by atoms with E-state index in [1.807, 2.05) is 37.3 Å². The molecule has 3 aromatic rings. The average Bonchev–Trinajstić information content (AvgIpc) is 3.14. The van der Waals surface area contributed by atoms with E-state index in [2.05, 4.69) is 30.3 Å². The third-order valence-corrected chi connectivity index (χ3v) is 3.83. The van der Waals surface area contributed by atoms with E-state index < -0.39 is 0 Å². The zero-order chi connectivity index (χ0) is 19.1. The van der Waals surface area contributed by atoms with Crippen LogP contribution in [0.3, 0.4) is 0 Å². The SMILES string of the molecule is [C-]#[N+]c1c(/N=N/C(CCC)=C(\O)c2ccccn2)n[nH]c1-c1ccccc1. The fourth-order valence-corrected chi connectivity index (χ4v) is 2.52. The molecule has 0 atom stereocenters. The molecule has 0 unspecified atom stereocenters. The van der Waals surface area contributed by atoms with Gasteiger partial charge in [0.15, 0.2) is 5.76 Å². The molecule has 3 rings (SSSR count). The molecule has 0 radical (unpaired) electrons. The zero-order valence-corrected chi connectivity index (χ0v) is 14.8. The minimum atomic E-state index is -0.0237. The molecular formula is C20H18N6O. The Morgan fingerprint density at radius 2 is 1.96 bits per heavy atom. The lowest BCUT2D eigenvalue weighted by Gasteiger charge is -2.03. The molecule has 7 nitrogen and oxygen atoms in total. The maximum absolute atomic E-state index is 10.5. The van der Waals surface area contributed by atoms with E-state index in [-0.39, 0.29) is 17.3 Å². The molecule has 134 valence electrons. The highest BCUT2D eigenvalue weighted by Gasteiger charge is 2.15. The average molecular weight is 358 g/mol. The van der Waals surface area contributed by atoms with E-state index in [1.165, 1.54) is 0 Å². The van der Waals surface area contributed by atoms with Crippen LogP contribution in [-0.2, 0) is 0 Å². The molecule has 2 heterocycles. The molecule has 1 aromatic carbocycles. The van der Waals surface area contributed by atoms with Gasteiger partial charge in [-0.25, -0.2) is 4.85 Å². The summed E-state index contributed by atoms with van der Waals surface area (Å²) in [4.78, 5) is 7.68. The molecule has 0 spiro atoms. The minimum absolute atomic E-state index is 0.0237. The molecule has 0 amide bonds. The van der Waals surface area contributed by atoms with Crippen molar-refractivity contribution in [1.82, 2.24) is 15.2 Å². The number of hydrogen-bond donors (Lipinski definition) is 2. The van der Waals surface area contributed by atoms with Crippen LogP contribution in [0.1, 0.15) is 25.5 Å². The molecule has 27 heavy (non-hydrogen) atoms. The summed E-state index contributed by atoms with van der Waals surface area (Å²) in [5, 5.41) is 25.7. The number of nitrogens with zero attached hydrogens (tertiary/aromatic N) is 5. The van der Waals surface area contributed by atoms with Gasteiger partial charge in [-0.05, 0) is 24.1 Å². The number of pyridine rings is 1. The van der Waals surface area contributed by atoms with E-state index in [0.29, 0.717) is 23.5 Å². The molecule has 2 aromatic heterocycles. The van der Waals surface area contributed by atoms with Crippen molar-refractivity contribution < 1.29 is 5.11 Å². The van der Waals surface area contributed by atoms with Gasteiger partial charge in [-0.3, -0.25) is 10.1 Å². The van der Waals surface area contributed by atoms with Gasteiger partial charge in [-0.1, -0.05) is 49.7 Å². The molecule has 0 bridgehead atoms. The summed E-state index contributed by atoms with van der Waals surface area (Å²) in [6.07, 6.45) is 2.90. The number of H-pyrrole nitrogens is 1. The summed E-state index contributed by atoms with van der Waals surface area (Å²) < 4.78 is 0. The Morgan fingerprint density at radius 3 is 2.63 bits per heavy atom. The van der Waals surface area contributed by atoms with Crippen LogP contribution in [0.15, 0.2) is 70.7 Å². The number of aromatic amines is 1. The second-order valence-electron chi connectivity index (χ2n) is 5.71. The quantitative estimate of drug-likeness (QED) is 0.330. The number of aromatic nitrogens is 3. The normalized spacial score (nSPS) is 12.0. The van der Waals surface area contributed by atoms with Crippen molar-refractivity contribution in [3.63, 3.8) is 0 Å². The Hall–Kier alpha value is -3.79. The molecule has 0 aliphatic rings. The number of aliphatic hydroxyl groups excluding tert-OH is 1. The third kappa shape index (κ3) is 4.07. The van der Waals surface area contributed by atoms with Crippen molar-refractivity contribution in [2.45, 2.75) is 19.8 Å². The topological polar surface area (TPSA) is 90.9 Å². The highest BCUT2D eigenvalue weighted by atomic mass is 16.3. The van der Waals surface area contributed by atoms with Crippen LogP contribution in [0.25, 0.3) is 21.9 Å². The van der Waals surface area contributed by atoms with Crippen LogP contribution in [0.4, 0.5) is 11.5 Å². The number of rotatable bonds is 6. The predicted octanol–water partition coefficient (Wildman–Crippen LogP) is 5.83. The van der Waals surface area contributed by atoms with Crippen molar-refractivity contribution in [1.29, 1.82) is 0 Å². The van der Waals surface area contributed by atoms with Gasteiger partial charge in [0.2, 0.25) is 5.82 Å². The van der Waals surface area contributed by atoms with Crippen LogP contribution in [0.5, 0.6) is 0 Å². The van der Waals surface area contributed by atoms with Crippen molar-refractivity contribution in [3.8, 4) is 11.3 Å². The summed E-state index contributed by atoms with van der Waals surface area (Å²) in [6, 6.07) is 14.7. The number of allylic oxidation sites excluding steroid dienone is 1. The first-order valence-electron chi connectivity index (χ1n) is 8.51. The zero-order valence-electron chi connectivity index (χ0n) is 14.8. The lowest BCUT2D eigenvalue weighted by Crippen LogP contribution is -1.92. The highest BCUT2D eigenvalue weighted by molar-refractivity contribution is 5.82. The van der Waals surface area contributed by atoms with E-state index in [4.69, 9.17) is 6.57 Å². The summed E-state index contributed by atoms with van der Waals surface area (Å²) in [5.74, 6) is 0.163. The Bertz CT molecular complexity index is 1000. The summed E-state index contributed by atoms with van der Waals surface area (Å²) in [6.45, 7) is 9.45. The Labute approximate surface area is 157 Å². The van der Waals surface area contributed by atoms with E-state index >= 15 is 0 Å². The van der Waals surface area contributed by atoms with Gasteiger partial charge in [0.05, 0.1) is 12.3 Å². The number of hydrogen-bond acceptors (Lipinski definition) is 5. The predicted molar refractivity (Wildman–Crippen MR) is 103 cm³/mol. The van der Waals surface area contributed by atoms with Gasteiger partial charge < -0.3 is 5.11 Å². The molecule has 0 aliphatic carbocycles. The van der Waals surface area contributed by atoms with Crippen molar-refractivity contribution in [2.24, 2.45) is 10.2 Å². The summed E-state index contributed by atoms with van der Waals surface area (Å²) in [5.41, 5.74) is 2.56. The number of benzene rings is 1. The monoisotopic (exact) mass is 358 g/mol. The minimum Gasteiger partial charge on any atom is -0.504 e. The molecule has 0 saturated heterocycles. The van der Waals surface area contributed by atoms with E-state index in [9.17, 15) is 5.11 Å². The summed E-state index contributed by atoms with van der Waals surface area (Å²) >= 11 is 0. The second-order valence-corrected chi connectivity index (χ2v) is 5.71. The summed E-state index contributed by atoms with van der Waals surface area (Å²) in [7, 11) is 0. The largest absolute Gasteiger partial charge is 0.504 e. The molecule has 2 N–H and O–H groups in total. The molecular weight excluding hydrogens is 340 g/mol. The molecule has 0 saturated carbocycles. The Balaban J connectivity index is 1.97. The lowest BCUT2D eigenvalue weighted by molar-refractivity contribution is 0.498. The van der Waals surface area contributed by atoms with Gasteiger partial charge >= 0.3 is 0 Å². The first-order chi connectivity index (χ1) is 13.2. The smallest absolute Gasteiger partial charge is 0.259 e. The number of aliphatic hydroxyl groups is 1. The maximum atomic E-state index is 10.5. The first-order valence-corrected chi connectivity index (χ1v) is 8.51. The molecule has 0 fully saturated rings. The van der Waals surface area contributed by atoms with Gasteiger partial charge in [-0.15, -0.1) is 5.11 Å². The van der Waals surface area contributed by atoms with Crippen LogP contribution >= 0.6 is 0 Å². The van der Waals surface area contributed by atoms with E-state index in [0.717, 1.165) is 12.0 Å². The molecule has 0 aliphatic heterocycles. The third-order valence-electron chi connectivity index (χ3n) is 3.83. The lowest BCUT2D eigenvalue weighted by atomic mass is 10.1. The number of nitrogens with one attached hydrogen (secondary N) is 1. The van der Waals surface area contributed by atoms with Crippen LogP contribution in [0, 0.1) is 6.57 Å². The maximum Gasteiger partial charge on any atom is 0.259 e. The Kier molecular flexibility index (Phi) is 5.70. The number of azo groups is 1.